The second kappa shape index (κ2) is 6.16. The maximum absolute atomic E-state index is 12.5. The van der Waals surface area contributed by atoms with Crippen LogP contribution in [0.4, 0.5) is 11.4 Å². The van der Waals surface area contributed by atoms with Crippen molar-refractivity contribution in [1.29, 1.82) is 0 Å². The number of carbonyl (C=O) groups is 1. The van der Waals surface area contributed by atoms with Crippen LogP contribution in [0.25, 0.3) is 0 Å². The fourth-order valence-electron chi connectivity index (χ4n) is 2.74. The molecule has 20 heavy (non-hydrogen) atoms. The molecule has 0 saturated carbocycles. The number of anilines is 2. The number of likely N-dealkylation sites (tertiary alicyclic amines) is 1. The van der Waals surface area contributed by atoms with E-state index in [1.54, 1.807) is 6.07 Å². The second-order valence-electron chi connectivity index (χ2n) is 6.00. The van der Waals surface area contributed by atoms with E-state index in [0.717, 1.165) is 31.6 Å². The number of nitrogens with zero attached hydrogens (tertiary/aromatic N) is 2. The highest BCUT2D eigenvalue weighted by Crippen LogP contribution is 2.24. The van der Waals surface area contributed by atoms with Crippen molar-refractivity contribution >= 4 is 17.3 Å². The van der Waals surface area contributed by atoms with Gasteiger partial charge < -0.3 is 15.5 Å². The van der Waals surface area contributed by atoms with E-state index >= 15 is 0 Å². The number of nitrogens with two attached hydrogens (primary N) is 1. The van der Waals surface area contributed by atoms with Gasteiger partial charge in [0.1, 0.15) is 0 Å². The van der Waals surface area contributed by atoms with Crippen LogP contribution in [0.3, 0.4) is 0 Å². The molecule has 0 spiro atoms. The molecule has 1 heterocycles. The quantitative estimate of drug-likeness (QED) is 0.844. The third-order valence-corrected chi connectivity index (χ3v) is 4.06. The van der Waals surface area contributed by atoms with Crippen molar-refractivity contribution in [3.63, 3.8) is 0 Å². The molecule has 110 valence electrons. The lowest BCUT2D eigenvalue weighted by molar-refractivity contribution is 0.0760. The lowest BCUT2D eigenvalue weighted by Crippen LogP contribution is -2.32. The van der Waals surface area contributed by atoms with E-state index < -0.39 is 0 Å². The minimum Gasteiger partial charge on any atom is -0.397 e. The highest BCUT2D eigenvalue weighted by atomic mass is 16.2. The van der Waals surface area contributed by atoms with Crippen molar-refractivity contribution in [2.75, 3.05) is 37.8 Å². The molecule has 1 amide bonds. The third kappa shape index (κ3) is 3.24. The van der Waals surface area contributed by atoms with Crippen LogP contribution in [0.5, 0.6) is 0 Å². The monoisotopic (exact) mass is 275 g/mol. The molecular formula is C16H25N3O. The largest absolute Gasteiger partial charge is 0.397 e. The molecule has 4 heteroatoms. The van der Waals surface area contributed by atoms with Crippen molar-refractivity contribution in [3.05, 3.63) is 23.8 Å². The molecule has 4 nitrogen and oxygen atoms in total. The van der Waals surface area contributed by atoms with Gasteiger partial charge >= 0.3 is 0 Å². The first kappa shape index (κ1) is 14.7. The Morgan fingerprint density at radius 1 is 1.30 bits per heavy atom. The van der Waals surface area contributed by atoms with E-state index in [9.17, 15) is 4.79 Å². The molecule has 2 N–H and O–H groups in total. The van der Waals surface area contributed by atoms with Crippen molar-refractivity contribution in [2.24, 2.45) is 5.92 Å². The topological polar surface area (TPSA) is 49.6 Å². The van der Waals surface area contributed by atoms with Crippen LogP contribution in [-0.2, 0) is 0 Å². The average molecular weight is 275 g/mol. The lowest BCUT2D eigenvalue weighted by Gasteiger charge is -2.22. The summed E-state index contributed by atoms with van der Waals surface area (Å²) < 4.78 is 0. The predicted molar refractivity (Wildman–Crippen MR) is 84.1 cm³/mol. The maximum Gasteiger partial charge on any atom is 0.253 e. The van der Waals surface area contributed by atoms with E-state index in [1.165, 1.54) is 6.42 Å². The summed E-state index contributed by atoms with van der Waals surface area (Å²) in [6.07, 6.45) is 3.40. The van der Waals surface area contributed by atoms with Gasteiger partial charge in [0.2, 0.25) is 0 Å². The van der Waals surface area contributed by atoms with Gasteiger partial charge in [0.25, 0.3) is 5.91 Å². The van der Waals surface area contributed by atoms with Gasteiger partial charge in [-0.15, -0.1) is 0 Å². The van der Waals surface area contributed by atoms with E-state index in [1.807, 2.05) is 36.0 Å². The highest BCUT2D eigenvalue weighted by Gasteiger charge is 2.20. The van der Waals surface area contributed by atoms with Gasteiger partial charge in [0, 0.05) is 32.7 Å². The fourth-order valence-corrected chi connectivity index (χ4v) is 2.74. The zero-order chi connectivity index (χ0) is 14.7. The highest BCUT2D eigenvalue weighted by molar-refractivity contribution is 5.96. The molecule has 1 saturated heterocycles. The van der Waals surface area contributed by atoms with Crippen LogP contribution in [0, 0.1) is 5.92 Å². The predicted octanol–water partition coefficient (Wildman–Crippen LogP) is 2.60. The van der Waals surface area contributed by atoms with E-state index in [2.05, 4.69) is 6.92 Å². The molecule has 2 rings (SSSR count). The van der Waals surface area contributed by atoms with Crippen molar-refractivity contribution < 1.29 is 4.79 Å². The van der Waals surface area contributed by atoms with Gasteiger partial charge in [-0.3, -0.25) is 4.79 Å². The first-order valence-corrected chi connectivity index (χ1v) is 7.35. The summed E-state index contributed by atoms with van der Waals surface area (Å²) in [5.74, 6) is 0.824. The van der Waals surface area contributed by atoms with Crippen LogP contribution in [0.2, 0.25) is 0 Å². The molecule has 0 aliphatic carbocycles. The van der Waals surface area contributed by atoms with Gasteiger partial charge in [-0.25, -0.2) is 0 Å². The number of hydrogen-bond donors (Lipinski definition) is 1. The summed E-state index contributed by atoms with van der Waals surface area (Å²) in [5.41, 5.74) is 8.33. The number of amides is 1. The number of hydrogen-bond acceptors (Lipinski definition) is 3. The van der Waals surface area contributed by atoms with Gasteiger partial charge in [-0.2, -0.15) is 0 Å². The van der Waals surface area contributed by atoms with Crippen LogP contribution >= 0.6 is 0 Å². The standard InChI is InChI=1S/C16H25N3O/c1-12-5-4-9-19(10-8-12)16(20)13-6-7-15(18(2)3)14(17)11-13/h6-7,11-12H,4-5,8-10,17H2,1-3H3. The van der Waals surface area contributed by atoms with Crippen LogP contribution < -0.4 is 10.6 Å². The lowest BCUT2D eigenvalue weighted by atomic mass is 10.0. The number of benzene rings is 1. The summed E-state index contributed by atoms with van der Waals surface area (Å²) in [6.45, 7) is 3.98. The Hall–Kier alpha value is -1.71. The Kier molecular flexibility index (Phi) is 4.53. The second-order valence-corrected chi connectivity index (χ2v) is 6.00. The Morgan fingerprint density at radius 2 is 2.05 bits per heavy atom. The Morgan fingerprint density at radius 3 is 2.70 bits per heavy atom. The Balaban J connectivity index is 2.14. The minimum atomic E-state index is 0.108. The zero-order valence-corrected chi connectivity index (χ0v) is 12.7. The SMILES string of the molecule is CC1CCCN(C(=O)c2ccc(N(C)C)c(N)c2)CC1. The van der Waals surface area contributed by atoms with Gasteiger partial charge in [-0.1, -0.05) is 6.92 Å². The average Bonchev–Trinajstić information content (AvgIpc) is 2.62. The molecule has 0 aromatic heterocycles. The summed E-state index contributed by atoms with van der Waals surface area (Å²) in [5, 5.41) is 0. The number of nitrogen functional groups attached to an aromatic ring is 1. The molecule has 1 fully saturated rings. The van der Waals surface area contributed by atoms with E-state index in [0.29, 0.717) is 17.2 Å². The molecular weight excluding hydrogens is 250 g/mol. The third-order valence-electron chi connectivity index (χ3n) is 4.06. The Bertz CT molecular complexity index is 485. The first-order valence-electron chi connectivity index (χ1n) is 7.35. The summed E-state index contributed by atoms with van der Waals surface area (Å²) in [6, 6.07) is 5.59. The van der Waals surface area contributed by atoms with Crippen LogP contribution in [0.1, 0.15) is 36.5 Å². The van der Waals surface area contributed by atoms with Crippen LogP contribution in [-0.4, -0.2) is 38.0 Å². The van der Waals surface area contributed by atoms with Gasteiger partial charge in [0.15, 0.2) is 0 Å². The smallest absolute Gasteiger partial charge is 0.253 e. The summed E-state index contributed by atoms with van der Waals surface area (Å²) in [4.78, 5) is 16.5. The number of rotatable bonds is 2. The first-order chi connectivity index (χ1) is 9.49. The van der Waals surface area contributed by atoms with Gasteiger partial charge in [0.05, 0.1) is 11.4 Å². The Labute approximate surface area is 121 Å². The van der Waals surface area contributed by atoms with Crippen LogP contribution in [0.15, 0.2) is 18.2 Å². The molecule has 0 bridgehead atoms. The summed E-state index contributed by atoms with van der Waals surface area (Å²) in [7, 11) is 3.90. The molecule has 1 aliphatic rings. The van der Waals surface area contributed by atoms with Gasteiger partial charge in [-0.05, 0) is 43.4 Å². The van der Waals surface area contributed by atoms with E-state index in [4.69, 9.17) is 5.73 Å². The molecule has 1 aliphatic heterocycles. The number of carbonyl (C=O) groups excluding carboxylic acids is 1. The molecule has 1 unspecified atom stereocenters. The minimum absolute atomic E-state index is 0.108. The molecule has 1 aromatic rings. The molecule has 1 atom stereocenters. The fraction of sp³-hybridized carbons (Fsp3) is 0.562. The van der Waals surface area contributed by atoms with Crippen molar-refractivity contribution in [2.45, 2.75) is 26.2 Å². The zero-order valence-electron chi connectivity index (χ0n) is 12.7. The van der Waals surface area contributed by atoms with E-state index in [-0.39, 0.29) is 5.91 Å². The normalized spacial score (nSPS) is 19.6. The van der Waals surface area contributed by atoms with Crippen molar-refractivity contribution in [1.82, 2.24) is 4.90 Å². The maximum atomic E-state index is 12.5. The molecule has 0 radical (unpaired) electrons. The molecule has 1 aromatic carbocycles. The summed E-state index contributed by atoms with van der Waals surface area (Å²) >= 11 is 0. The van der Waals surface area contributed by atoms with Crippen molar-refractivity contribution in [3.8, 4) is 0 Å².